The number of carbonyl (C=O) groups is 1. The minimum Gasteiger partial charge on any atom is -0.495 e. The van der Waals surface area contributed by atoms with Crippen LogP contribution >= 0.6 is 0 Å². The van der Waals surface area contributed by atoms with Gasteiger partial charge in [-0.05, 0) is 30.9 Å². The molecule has 1 saturated heterocycles. The van der Waals surface area contributed by atoms with Gasteiger partial charge < -0.3 is 15.0 Å². The van der Waals surface area contributed by atoms with E-state index in [4.69, 9.17) is 4.74 Å². The molecule has 1 fully saturated rings. The number of carbonyl (C=O) groups excluding carboxylic acids is 1. The Hall–Kier alpha value is -2.83. The second-order valence-corrected chi connectivity index (χ2v) is 6.21. The summed E-state index contributed by atoms with van der Waals surface area (Å²) < 4.78 is 5.23. The highest BCUT2D eigenvalue weighted by molar-refractivity contribution is 6.00. The van der Waals surface area contributed by atoms with Crippen LogP contribution in [-0.4, -0.2) is 36.2 Å². The molecule has 7 nitrogen and oxygen atoms in total. The number of aromatic nitrogens is 2. The van der Waals surface area contributed by atoms with E-state index in [2.05, 4.69) is 32.4 Å². The van der Waals surface area contributed by atoms with Crippen LogP contribution in [0.2, 0.25) is 0 Å². The van der Waals surface area contributed by atoms with Gasteiger partial charge in [0.05, 0.1) is 12.8 Å². The Morgan fingerprint density at radius 1 is 1.20 bits per heavy atom. The summed E-state index contributed by atoms with van der Waals surface area (Å²) in [7, 11) is 1.56. The van der Waals surface area contributed by atoms with E-state index in [9.17, 15) is 4.79 Å². The van der Waals surface area contributed by atoms with Gasteiger partial charge in [-0.2, -0.15) is 0 Å². The van der Waals surface area contributed by atoms with Gasteiger partial charge in [0.15, 0.2) is 0 Å². The molecule has 1 aliphatic heterocycles. The van der Waals surface area contributed by atoms with Crippen LogP contribution in [0.4, 0.5) is 22.1 Å². The van der Waals surface area contributed by atoms with E-state index < -0.39 is 0 Å². The molecule has 2 amide bonds. The monoisotopic (exact) mass is 341 g/mol. The Morgan fingerprint density at radius 3 is 2.72 bits per heavy atom. The van der Waals surface area contributed by atoms with Gasteiger partial charge in [-0.15, -0.1) is 0 Å². The van der Waals surface area contributed by atoms with Crippen molar-refractivity contribution in [3.8, 4) is 5.75 Å². The molecule has 0 spiro atoms. The zero-order chi connectivity index (χ0) is 17.6. The normalized spacial score (nSPS) is 14.9. The minimum absolute atomic E-state index is 0.374. The van der Waals surface area contributed by atoms with Crippen LogP contribution in [0, 0.1) is 5.92 Å². The Bertz CT molecular complexity index is 729. The molecule has 1 aromatic carbocycles. The number of para-hydroxylation sites is 2. The van der Waals surface area contributed by atoms with Crippen LogP contribution in [0.3, 0.4) is 0 Å². The fourth-order valence-corrected chi connectivity index (χ4v) is 2.84. The molecule has 0 saturated carbocycles. The number of nitrogens with zero attached hydrogens (tertiary/aromatic N) is 3. The summed E-state index contributed by atoms with van der Waals surface area (Å²) in [6, 6.07) is 8.67. The lowest BCUT2D eigenvalue weighted by atomic mass is 9.99. The summed E-state index contributed by atoms with van der Waals surface area (Å²) in [4.78, 5) is 22.9. The average Bonchev–Trinajstić information content (AvgIpc) is 2.63. The quantitative estimate of drug-likeness (QED) is 0.891. The number of hydrogen-bond donors (Lipinski definition) is 2. The van der Waals surface area contributed by atoms with E-state index in [1.807, 2.05) is 12.1 Å². The zero-order valence-electron chi connectivity index (χ0n) is 14.5. The van der Waals surface area contributed by atoms with Gasteiger partial charge in [-0.1, -0.05) is 19.1 Å². The van der Waals surface area contributed by atoms with Gasteiger partial charge in [-0.3, -0.25) is 5.32 Å². The van der Waals surface area contributed by atoms with Crippen LogP contribution < -0.4 is 20.3 Å². The second kappa shape index (κ2) is 7.83. The molecule has 2 N–H and O–H groups in total. The van der Waals surface area contributed by atoms with Crippen molar-refractivity contribution in [3.63, 3.8) is 0 Å². The third-order valence-corrected chi connectivity index (χ3v) is 4.36. The average molecular weight is 341 g/mol. The maximum absolute atomic E-state index is 12.2. The SMILES string of the molecule is COc1ccccc1NC(=O)Nc1cc(N2CCC(C)CC2)ncn1. The zero-order valence-corrected chi connectivity index (χ0v) is 14.5. The summed E-state index contributed by atoms with van der Waals surface area (Å²) in [6.07, 6.45) is 3.79. The second-order valence-electron chi connectivity index (χ2n) is 6.21. The number of piperidine rings is 1. The van der Waals surface area contributed by atoms with E-state index in [1.165, 1.54) is 6.33 Å². The van der Waals surface area contributed by atoms with Crippen molar-refractivity contribution >= 4 is 23.4 Å². The van der Waals surface area contributed by atoms with Crippen LogP contribution in [0.25, 0.3) is 0 Å². The molecule has 25 heavy (non-hydrogen) atoms. The first-order chi connectivity index (χ1) is 12.2. The predicted octanol–water partition coefficient (Wildman–Crippen LogP) is 3.37. The minimum atomic E-state index is -0.374. The molecule has 1 aliphatic rings. The fraction of sp³-hybridized carbons (Fsp3) is 0.389. The molecule has 2 heterocycles. The third-order valence-electron chi connectivity index (χ3n) is 4.36. The van der Waals surface area contributed by atoms with Crippen molar-refractivity contribution in [1.82, 2.24) is 9.97 Å². The first-order valence-electron chi connectivity index (χ1n) is 8.43. The molecular weight excluding hydrogens is 318 g/mol. The molecular formula is C18H23N5O2. The van der Waals surface area contributed by atoms with E-state index in [0.29, 0.717) is 17.3 Å². The molecule has 0 radical (unpaired) electrons. The number of benzene rings is 1. The van der Waals surface area contributed by atoms with Crippen molar-refractivity contribution in [2.45, 2.75) is 19.8 Å². The summed E-state index contributed by atoms with van der Waals surface area (Å²) in [5.74, 6) is 2.66. The van der Waals surface area contributed by atoms with Crippen molar-refractivity contribution in [2.75, 3.05) is 35.7 Å². The Morgan fingerprint density at radius 2 is 1.96 bits per heavy atom. The van der Waals surface area contributed by atoms with Crippen LogP contribution in [-0.2, 0) is 0 Å². The van der Waals surface area contributed by atoms with Gasteiger partial charge in [0.1, 0.15) is 23.7 Å². The summed E-state index contributed by atoms with van der Waals surface area (Å²) in [5, 5.41) is 5.51. The summed E-state index contributed by atoms with van der Waals surface area (Å²) in [6.45, 7) is 4.22. The predicted molar refractivity (Wildman–Crippen MR) is 98.3 cm³/mol. The molecule has 0 bridgehead atoms. The third kappa shape index (κ3) is 4.37. The van der Waals surface area contributed by atoms with E-state index >= 15 is 0 Å². The van der Waals surface area contributed by atoms with E-state index in [0.717, 1.165) is 37.7 Å². The lowest BCUT2D eigenvalue weighted by Gasteiger charge is -2.31. The molecule has 0 atom stereocenters. The van der Waals surface area contributed by atoms with Gasteiger partial charge in [0.2, 0.25) is 0 Å². The van der Waals surface area contributed by atoms with Crippen molar-refractivity contribution in [2.24, 2.45) is 5.92 Å². The highest BCUT2D eigenvalue weighted by Crippen LogP contribution is 2.24. The largest absolute Gasteiger partial charge is 0.495 e. The number of urea groups is 1. The number of hydrogen-bond acceptors (Lipinski definition) is 5. The highest BCUT2D eigenvalue weighted by Gasteiger charge is 2.17. The molecule has 132 valence electrons. The Balaban J connectivity index is 1.64. The number of anilines is 3. The smallest absolute Gasteiger partial charge is 0.324 e. The van der Waals surface area contributed by atoms with Gasteiger partial charge in [-0.25, -0.2) is 14.8 Å². The number of methoxy groups -OCH3 is 1. The maximum atomic E-state index is 12.2. The fourth-order valence-electron chi connectivity index (χ4n) is 2.84. The Labute approximate surface area is 147 Å². The van der Waals surface area contributed by atoms with E-state index in [-0.39, 0.29) is 6.03 Å². The van der Waals surface area contributed by atoms with Crippen LogP contribution in [0.5, 0.6) is 5.75 Å². The summed E-state index contributed by atoms with van der Waals surface area (Å²) >= 11 is 0. The van der Waals surface area contributed by atoms with Gasteiger partial charge in [0.25, 0.3) is 0 Å². The molecule has 0 aliphatic carbocycles. The van der Waals surface area contributed by atoms with Crippen LogP contribution in [0.1, 0.15) is 19.8 Å². The molecule has 2 aromatic rings. The Kier molecular flexibility index (Phi) is 5.33. The maximum Gasteiger partial charge on any atom is 0.324 e. The summed E-state index contributed by atoms with van der Waals surface area (Å²) in [5.41, 5.74) is 0.599. The first-order valence-corrected chi connectivity index (χ1v) is 8.43. The van der Waals surface area contributed by atoms with Gasteiger partial charge >= 0.3 is 6.03 Å². The first kappa shape index (κ1) is 17.0. The number of ether oxygens (including phenoxy) is 1. The molecule has 1 aromatic heterocycles. The van der Waals surface area contributed by atoms with E-state index in [1.54, 1.807) is 25.3 Å². The highest BCUT2D eigenvalue weighted by atomic mass is 16.5. The standard InChI is InChI=1S/C18H23N5O2/c1-13-7-9-23(10-8-13)17-11-16(19-12-20-17)22-18(24)21-14-5-3-4-6-15(14)25-2/h3-6,11-13H,7-10H2,1-2H3,(H2,19,20,21,22,24). The lowest BCUT2D eigenvalue weighted by Crippen LogP contribution is -2.33. The van der Waals surface area contributed by atoms with Crippen molar-refractivity contribution < 1.29 is 9.53 Å². The molecule has 7 heteroatoms. The van der Waals surface area contributed by atoms with Crippen molar-refractivity contribution in [3.05, 3.63) is 36.7 Å². The topological polar surface area (TPSA) is 79.4 Å². The molecule has 0 unspecified atom stereocenters. The lowest BCUT2D eigenvalue weighted by molar-refractivity contribution is 0.262. The number of nitrogens with one attached hydrogen (secondary N) is 2. The number of amides is 2. The van der Waals surface area contributed by atoms with Crippen molar-refractivity contribution in [1.29, 1.82) is 0 Å². The van der Waals surface area contributed by atoms with Crippen LogP contribution in [0.15, 0.2) is 36.7 Å². The molecule has 3 rings (SSSR count). The van der Waals surface area contributed by atoms with Gasteiger partial charge in [0, 0.05) is 19.2 Å². The number of rotatable bonds is 4.